The van der Waals surface area contributed by atoms with E-state index in [0.29, 0.717) is 6.54 Å². The maximum Gasteiger partial charge on any atom is 0.269 e. The van der Waals surface area contributed by atoms with E-state index in [1.807, 2.05) is 13.8 Å². The van der Waals surface area contributed by atoms with E-state index in [9.17, 15) is 4.79 Å². The van der Waals surface area contributed by atoms with Crippen LogP contribution >= 0.6 is 27.5 Å². The van der Waals surface area contributed by atoms with Crippen LogP contribution in [0.5, 0.6) is 0 Å². The topological polar surface area (TPSA) is 58.7 Å². The monoisotopic (exact) mass is 317 g/mol. The second kappa shape index (κ2) is 5.65. The first-order valence-electron chi connectivity index (χ1n) is 5.19. The second-order valence-corrected chi connectivity index (χ2v) is 5.60. The molecule has 0 aliphatic rings. The average molecular weight is 319 g/mol. The van der Waals surface area contributed by atoms with Crippen LogP contribution in [0.1, 0.15) is 26.7 Å². The zero-order chi connectivity index (χ0) is 13.1. The van der Waals surface area contributed by atoms with Gasteiger partial charge in [-0.05, 0) is 42.6 Å². The number of nitrogens with zero attached hydrogens (tertiary/aromatic N) is 3. The Morgan fingerprint density at radius 3 is 2.88 bits per heavy atom. The third-order valence-corrected chi connectivity index (χ3v) is 3.67. The molecular formula is C11H13BrClN3O. The minimum absolute atomic E-state index is 0.170. The van der Waals surface area contributed by atoms with Crippen LogP contribution in [0.2, 0.25) is 5.15 Å². The maximum atomic E-state index is 11.7. The smallest absolute Gasteiger partial charge is 0.269 e. The molecule has 0 unspecified atom stereocenters. The second-order valence-electron chi connectivity index (χ2n) is 4.45. The van der Waals surface area contributed by atoms with Gasteiger partial charge in [0.1, 0.15) is 4.47 Å². The van der Waals surface area contributed by atoms with Crippen LogP contribution < -0.4 is 5.56 Å². The van der Waals surface area contributed by atoms with E-state index in [0.717, 1.165) is 12.8 Å². The number of aromatic nitrogens is 2. The first-order chi connectivity index (χ1) is 7.87. The highest BCUT2D eigenvalue weighted by molar-refractivity contribution is 9.10. The number of nitriles is 1. The highest BCUT2D eigenvalue weighted by Gasteiger charge is 2.16. The SMILES string of the molecule is CC(C)(C#N)CCCn1cnc(Cl)c(Br)c1=O. The van der Waals surface area contributed by atoms with Crippen molar-refractivity contribution in [2.24, 2.45) is 5.41 Å². The van der Waals surface area contributed by atoms with Gasteiger partial charge in [0.15, 0.2) is 5.15 Å². The fraction of sp³-hybridized carbons (Fsp3) is 0.545. The highest BCUT2D eigenvalue weighted by atomic mass is 79.9. The fourth-order valence-corrected chi connectivity index (χ4v) is 1.80. The van der Waals surface area contributed by atoms with E-state index >= 15 is 0 Å². The number of aryl methyl sites for hydroxylation is 1. The Kier molecular flexibility index (Phi) is 4.72. The van der Waals surface area contributed by atoms with Crippen molar-refractivity contribution >= 4 is 27.5 Å². The third-order valence-electron chi connectivity index (χ3n) is 2.44. The lowest BCUT2D eigenvalue weighted by molar-refractivity contribution is 0.412. The maximum absolute atomic E-state index is 11.7. The summed E-state index contributed by atoms with van der Waals surface area (Å²) in [4.78, 5) is 15.6. The molecule has 0 fully saturated rings. The van der Waals surface area contributed by atoms with E-state index in [1.54, 1.807) is 0 Å². The summed E-state index contributed by atoms with van der Waals surface area (Å²) in [6, 6.07) is 2.23. The summed E-state index contributed by atoms with van der Waals surface area (Å²) in [6.45, 7) is 4.30. The van der Waals surface area contributed by atoms with Crippen molar-refractivity contribution in [1.82, 2.24) is 9.55 Å². The van der Waals surface area contributed by atoms with Crippen LogP contribution in [0.3, 0.4) is 0 Å². The summed E-state index contributed by atoms with van der Waals surface area (Å²) >= 11 is 8.80. The van der Waals surface area contributed by atoms with Crippen molar-refractivity contribution in [2.75, 3.05) is 0 Å². The lowest BCUT2D eigenvalue weighted by Crippen LogP contribution is -2.22. The van der Waals surface area contributed by atoms with Gasteiger partial charge in [-0.3, -0.25) is 9.36 Å². The lowest BCUT2D eigenvalue weighted by Gasteiger charge is -2.14. The van der Waals surface area contributed by atoms with Crippen LogP contribution in [0, 0.1) is 16.7 Å². The molecule has 4 nitrogen and oxygen atoms in total. The van der Waals surface area contributed by atoms with Gasteiger partial charge in [-0.25, -0.2) is 4.98 Å². The first-order valence-corrected chi connectivity index (χ1v) is 6.36. The van der Waals surface area contributed by atoms with E-state index < -0.39 is 0 Å². The minimum atomic E-state index is -0.360. The molecule has 0 saturated carbocycles. The van der Waals surface area contributed by atoms with E-state index in [4.69, 9.17) is 16.9 Å². The summed E-state index contributed by atoms with van der Waals surface area (Å²) < 4.78 is 1.77. The summed E-state index contributed by atoms with van der Waals surface area (Å²) in [5.41, 5.74) is -0.555. The van der Waals surface area contributed by atoms with Gasteiger partial charge in [0, 0.05) is 6.54 Å². The molecule has 0 atom stereocenters. The first kappa shape index (κ1) is 14.2. The van der Waals surface area contributed by atoms with Crippen molar-refractivity contribution in [3.63, 3.8) is 0 Å². The van der Waals surface area contributed by atoms with Gasteiger partial charge < -0.3 is 0 Å². The fourth-order valence-electron chi connectivity index (χ4n) is 1.35. The van der Waals surface area contributed by atoms with Crippen molar-refractivity contribution in [2.45, 2.75) is 33.2 Å². The highest BCUT2D eigenvalue weighted by Crippen LogP contribution is 2.21. The number of hydrogen-bond acceptors (Lipinski definition) is 3. The van der Waals surface area contributed by atoms with Gasteiger partial charge in [-0.1, -0.05) is 11.6 Å². The van der Waals surface area contributed by atoms with Crippen molar-refractivity contribution in [1.29, 1.82) is 5.26 Å². The van der Waals surface area contributed by atoms with Crippen molar-refractivity contribution in [3.8, 4) is 6.07 Å². The van der Waals surface area contributed by atoms with E-state index in [2.05, 4.69) is 27.0 Å². The van der Waals surface area contributed by atoms with Gasteiger partial charge in [-0.2, -0.15) is 5.26 Å². The molecule has 17 heavy (non-hydrogen) atoms. The largest absolute Gasteiger partial charge is 0.298 e. The van der Waals surface area contributed by atoms with Gasteiger partial charge in [0.05, 0.1) is 17.8 Å². The molecule has 0 amide bonds. The predicted molar refractivity (Wildman–Crippen MR) is 69.8 cm³/mol. The Hall–Kier alpha value is -0.860. The van der Waals surface area contributed by atoms with E-state index in [1.165, 1.54) is 10.9 Å². The number of rotatable bonds is 4. The molecule has 6 heteroatoms. The van der Waals surface area contributed by atoms with Gasteiger partial charge in [0.25, 0.3) is 5.56 Å². The average Bonchev–Trinajstić information content (AvgIpc) is 2.29. The quantitative estimate of drug-likeness (QED) is 0.802. The Balaban J connectivity index is 2.70. The predicted octanol–water partition coefficient (Wildman–Crippen LogP) is 2.99. The number of hydrogen-bond donors (Lipinski definition) is 0. The molecule has 0 spiro atoms. The molecule has 0 radical (unpaired) electrons. The molecular weight excluding hydrogens is 305 g/mol. The molecule has 0 aliphatic heterocycles. The number of halogens is 2. The Labute approximate surface area is 113 Å². The minimum Gasteiger partial charge on any atom is -0.298 e. The molecule has 92 valence electrons. The molecule has 0 N–H and O–H groups in total. The zero-order valence-electron chi connectivity index (χ0n) is 9.70. The molecule has 0 aromatic carbocycles. The zero-order valence-corrected chi connectivity index (χ0v) is 12.0. The molecule has 1 aromatic rings. The Morgan fingerprint density at radius 2 is 2.29 bits per heavy atom. The molecule has 0 bridgehead atoms. The molecule has 1 aromatic heterocycles. The Morgan fingerprint density at radius 1 is 1.65 bits per heavy atom. The summed E-state index contributed by atoms with van der Waals surface area (Å²) in [5.74, 6) is 0. The van der Waals surface area contributed by atoms with Gasteiger partial charge >= 0.3 is 0 Å². The van der Waals surface area contributed by atoms with Crippen LogP contribution in [0.4, 0.5) is 0 Å². The van der Waals surface area contributed by atoms with Gasteiger partial charge in [-0.15, -0.1) is 0 Å². The molecule has 1 heterocycles. The molecule has 1 rings (SSSR count). The summed E-state index contributed by atoms with van der Waals surface area (Å²) in [7, 11) is 0. The van der Waals surface area contributed by atoms with E-state index in [-0.39, 0.29) is 20.6 Å². The molecule has 0 saturated heterocycles. The summed E-state index contributed by atoms with van der Waals surface area (Å²) in [5, 5.41) is 9.04. The van der Waals surface area contributed by atoms with Crippen molar-refractivity contribution in [3.05, 3.63) is 26.3 Å². The normalized spacial score (nSPS) is 11.2. The summed E-state index contributed by atoms with van der Waals surface area (Å²) in [6.07, 6.45) is 2.90. The van der Waals surface area contributed by atoms with Crippen LogP contribution in [0.25, 0.3) is 0 Å². The van der Waals surface area contributed by atoms with Gasteiger partial charge in [0.2, 0.25) is 0 Å². The lowest BCUT2D eigenvalue weighted by atomic mass is 9.90. The Bertz CT molecular complexity index is 504. The third kappa shape index (κ3) is 3.83. The van der Waals surface area contributed by atoms with Crippen LogP contribution in [-0.4, -0.2) is 9.55 Å². The van der Waals surface area contributed by atoms with Crippen molar-refractivity contribution < 1.29 is 0 Å². The van der Waals surface area contributed by atoms with Crippen LogP contribution in [0.15, 0.2) is 15.6 Å². The van der Waals surface area contributed by atoms with Crippen LogP contribution in [-0.2, 0) is 6.54 Å². The standard InChI is InChI=1S/C11H13BrClN3O/c1-11(2,6-14)4-3-5-16-7-15-9(13)8(12)10(16)17/h7H,3-5H2,1-2H3. The molecule has 0 aliphatic carbocycles.